The largest absolute Gasteiger partial charge is 0.465 e. The van der Waals surface area contributed by atoms with Crippen molar-refractivity contribution in [2.24, 2.45) is 5.41 Å². The summed E-state index contributed by atoms with van der Waals surface area (Å²) in [4.78, 5) is 37.9. The maximum atomic E-state index is 13.3. The highest BCUT2D eigenvalue weighted by Gasteiger charge is 2.48. The van der Waals surface area contributed by atoms with Gasteiger partial charge in [0.25, 0.3) is 0 Å². The highest BCUT2D eigenvalue weighted by atomic mass is 16.5. The fourth-order valence-corrected chi connectivity index (χ4v) is 4.51. The summed E-state index contributed by atoms with van der Waals surface area (Å²) in [6.07, 6.45) is 2.56. The van der Waals surface area contributed by atoms with Crippen LogP contribution in [-0.2, 0) is 28.7 Å². The van der Waals surface area contributed by atoms with Crippen LogP contribution < -0.4 is 0 Å². The number of Topliss-reactive ketones (excluding diaryl/α,β-unsaturated/α-hetero) is 1. The smallest absolute Gasteiger partial charge is 0.339 e. The van der Waals surface area contributed by atoms with Crippen molar-refractivity contribution < 1.29 is 23.9 Å². The van der Waals surface area contributed by atoms with Gasteiger partial charge in [0.1, 0.15) is 0 Å². The van der Waals surface area contributed by atoms with E-state index in [0.717, 1.165) is 35.1 Å². The average molecular weight is 364 g/mol. The van der Waals surface area contributed by atoms with Crippen LogP contribution in [0.5, 0.6) is 0 Å². The van der Waals surface area contributed by atoms with E-state index in [9.17, 15) is 14.4 Å². The normalized spacial score (nSPS) is 20.1. The number of benzene rings is 2. The number of fused-ring (bicyclic) bond motifs is 2. The van der Waals surface area contributed by atoms with Crippen LogP contribution >= 0.6 is 0 Å². The van der Waals surface area contributed by atoms with E-state index in [-0.39, 0.29) is 16.9 Å². The lowest BCUT2D eigenvalue weighted by Crippen LogP contribution is -2.37. The van der Waals surface area contributed by atoms with Crippen LogP contribution in [0.25, 0.3) is 0 Å². The van der Waals surface area contributed by atoms with E-state index >= 15 is 0 Å². The van der Waals surface area contributed by atoms with E-state index in [2.05, 4.69) is 0 Å². The molecule has 0 aliphatic heterocycles. The Bertz CT molecular complexity index is 975. The summed E-state index contributed by atoms with van der Waals surface area (Å²) in [6.45, 7) is 0. The Labute approximate surface area is 157 Å². The molecule has 0 N–H and O–H groups in total. The number of hydrogen-bond donors (Lipinski definition) is 0. The van der Waals surface area contributed by atoms with E-state index in [1.54, 1.807) is 6.07 Å². The van der Waals surface area contributed by atoms with E-state index in [0.29, 0.717) is 12.8 Å². The second-order valence-electron chi connectivity index (χ2n) is 7.23. The second-order valence-corrected chi connectivity index (χ2v) is 7.23. The van der Waals surface area contributed by atoms with E-state index in [1.807, 2.05) is 30.3 Å². The molecule has 5 heteroatoms. The number of rotatable bonds is 2. The van der Waals surface area contributed by atoms with Gasteiger partial charge in [-0.05, 0) is 48.4 Å². The lowest BCUT2D eigenvalue weighted by molar-refractivity contribution is 0.0553. The third-order valence-electron chi connectivity index (χ3n) is 5.87. The molecule has 0 aromatic heterocycles. The van der Waals surface area contributed by atoms with Gasteiger partial charge in [-0.15, -0.1) is 0 Å². The van der Waals surface area contributed by atoms with Crippen molar-refractivity contribution in [1.29, 1.82) is 0 Å². The number of hydrogen-bond acceptors (Lipinski definition) is 5. The van der Waals surface area contributed by atoms with Crippen LogP contribution in [0.15, 0.2) is 36.4 Å². The molecule has 0 heterocycles. The number of carbonyl (C=O) groups excluding carboxylic acids is 3. The van der Waals surface area contributed by atoms with Gasteiger partial charge in [-0.1, -0.05) is 30.3 Å². The molecule has 0 saturated heterocycles. The predicted molar refractivity (Wildman–Crippen MR) is 98.1 cm³/mol. The lowest BCUT2D eigenvalue weighted by Gasteiger charge is -2.33. The Morgan fingerprint density at radius 2 is 1.67 bits per heavy atom. The van der Waals surface area contributed by atoms with Gasteiger partial charge in [0.05, 0.1) is 25.3 Å². The minimum absolute atomic E-state index is 0.121. The summed E-state index contributed by atoms with van der Waals surface area (Å²) >= 11 is 0. The molecule has 0 fully saturated rings. The van der Waals surface area contributed by atoms with Gasteiger partial charge in [-0.2, -0.15) is 0 Å². The van der Waals surface area contributed by atoms with Crippen LogP contribution in [0.3, 0.4) is 0 Å². The Morgan fingerprint density at radius 1 is 0.926 bits per heavy atom. The van der Waals surface area contributed by atoms with E-state index < -0.39 is 17.4 Å². The molecular weight excluding hydrogens is 344 g/mol. The Morgan fingerprint density at radius 3 is 2.41 bits per heavy atom. The fourth-order valence-electron chi connectivity index (χ4n) is 4.51. The quantitative estimate of drug-likeness (QED) is 0.766. The molecule has 2 aliphatic carbocycles. The van der Waals surface area contributed by atoms with Crippen LogP contribution in [0.1, 0.15) is 54.2 Å². The SMILES string of the molecule is COC(=O)c1ccc2c(c1C(=O)OC)CC1(CCc3ccccc3C1=O)C2. The van der Waals surface area contributed by atoms with Crippen molar-refractivity contribution >= 4 is 17.7 Å². The first-order chi connectivity index (χ1) is 13.0. The summed E-state index contributed by atoms with van der Waals surface area (Å²) in [5.41, 5.74) is 3.35. The fraction of sp³-hybridized carbons (Fsp3) is 0.318. The molecule has 1 unspecified atom stereocenters. The van der Waals surface area contributed by atoms with Crippen LogP contribution in [0.2, 0.25) is 0 Å². The van der Waals surface area contributed by atoms with Crippen LogP contribution in [-0.4, -0.2) is 31.9 Å². The number of ketones is 1. The van der Waals surface area contributed by atoms with Gasteiger partial charge < -0.3 is 9.47 Å². The zero-order valence-electron chi connectivity index (χ0n) is 15.3. The minimum Gasteiger partial charge on any atom is -0.465 e. The van der Waals surface area contributed by atoms with Crippen molar-refractivity contribution in [1.82, 2.24) is 0 Å². The monoisotopic (exact) mass is 364 g/mol. The molecule has 0 bridgehead atoms. The number of ether oxygens (including phenoxy) is 2. The summed E-state index contributed by atoms with van der Waals surface area (Å²) in [6, 6.07) is 11.1. The molecule has 1 spiro atoms. The van der Waals surface area contributed by atoms with Gasteiger partial charge in [0, 0.05) is 11.0 Å². The van der Waals surface area contributed by atoms with E-state index in [4.69, 9.17) is 9.47 Å². The number of carbonyl (C=O) groups is 3. The van der Waals surface area contributed by atoms with Gasteiger partial charge in [-0.25, -0.2) is 9.59 Å². The Kier molecular flexibility index (Phi) is 4.10. The molecule has 0 saturated carbocycles. The van der Waals surface area contributed by atoms with Crippen LogP contribution in [0.4, 0.5) is 0 Å². The minimum atomic E-state index is -0.584. The highest BCUT2D eigenvalue weighted by molar-refractivity contribution is 6.07. The number of esters is 2. The molecule has 2 aliphatic rings. The summed E-state index contributed by atoms with van der Waals surface area (Å²) in [5, 5.41) is 0. The van der Waals surface area contributed by atoms with Crippen molar-refractivity contribution in [2.75, 3.05) is 14.2 Å². The first-order valence-corrected chi connectivity index (χ1v) is 8.95. The average Bonchev–Trinajstić information content (AvgIpc) is 3.08. The molecular formula is C22H20O5. The number of aryl methyl sites for hydroxylation is 1. The van der Waals surface area contributed by atoms with Crippen molar-refractivity contribution in [3.8, 4) is 0 Å². The van der Waals surface area contributed by atoms with Gasteiger partial charge in [0.15, 0.2) is 5.78 Å². The molecule has 138 valence electrons. The molecule has 5 nitrogen and oxygen atoms in total. The van der Waals surface area contributed by atoms with Gasteiger partial charge in [0.2, 0.25) is 0 Å². The number of methoxy groups -OCH3 is 2. The lowest BCUT2D eigenvalue weighted by atomic mass is 9.68. The molecule has 2 aromatic rings. The summed E-state index contributed by atoms with van der Waals surface area (Å²) in [7, 11) is 2.56. The molecule has 0 amide bonds. The third-order valence-corrected chi connectivity index (χ3v) is 5.87. The Balaban J connectivity index is 1.81. The predicted octanol–water partition coefficient (Wildman–Crippen LogP) is 3.17. The summed E-state index contributed by atoms with van der Waals surface area (Å²) in [5.74, 6) is -1.04. The topological polar surface area (TPSA) is 69.7 Å². The molecule has 0 radical (unpaired) electrons. The zero-order valence-corrected chi connectivity index (χ0v) is 15.3. The molecule has 4 rings (SSSR count). The molecule has 27 heavy (non-hydrogen) atoms. The zero-order chi connectivity index (χ0) is 19.2. The van der Waals surface area contributed by atoms with Crippen LogP contribution in [0, 0.1) is 5.41 Å². The van der Waals surface area contributed by atoms with Crippen molar-refractivity contribution in [3.05, 3.63) is 69.8 Å². The maximum absolute atomic E-state index is 13.3. The van der Waals surface area contributed by atoms with Crippen molar-refractivity contribution in [2.45, 2.75) is 25.7 Å². The first kappa shape index (κ1) is 17.5. The molecule has 1 atom stereocenters. The second kappa shape index (κ2) is 6.34. The first-order valence-electron chi connectivity index (χ1n) is 8.95. The van der Waals surface area contributed by atoms with Crippen molar-refractivity contribution in [3.63, 3.8) is 0 Å². The third kappa shape index (κ3) is 2.57. The van der Waals surface area contributed by atoms with Gasteiger partial charge in [-0.3, -0.25) is 4.79 Å². The summed E-state index contributed by atoms with van der Waals surface area (Å²) < 4.78 is 9.75. The Hall–Kier alpha value is -2.95. The molecule has 2 aromatic carbocycles. The standard InChI is InChI=1S/C22H20O5/c1-26-20(24)16-8-7-14-11-22(12-17(14)18(16)21(25)27-2)10-9-13-5-3-4-6-15(13)19(22)23/h3-8H,9-12H2,1-2H3. The maximum Gasteiger partial charge on any atom is 0.339 e. The van der Waals surface area contributed by atoms with E-state index in [1.165, 1.54) is 14.2 Å². The van der Waals surface area contributed by atoms with Gasteiger partial charge >= 0.3 is 11.9 Å². The highest BCUT2D eigenvalue weighted by Crippen LogP contribution is 2.47.